The molecule has 0 amide bonds. The number of hydrogen-bond acceptors (Lipinski definition) is 4. The van der Waals surface area contributed by atoms with Gasteiger partial charge in [-0.25, -0.2) is 4.98 Å². The van der Waals surface area contributed by atoms with Gasteiger partial charge in [0.05, 0.1) is 5.52 Å². The molecule has 2 aromatic rings. The number of pyridine rings is 1. The average Bonchev–Trinajstić information content (AvgIpc) is 2.84. The molecule has 1 atom stereocenters. The number of imidazole rings is 1. The molecule has 0 saturated carbocycles. The number of rotatable bonds is 3. The normalized spacial score (nSPS) is 20.2. The van der Waals surface area contributed by atoms with Crippen LogP contribution < -0.4 is 10.2 Å². The second kappa shape index (κ2) is 4.94. The first kappa shape index (κ1) is 11.5. The van der Waals surface area contributed by atoms with E-state index < -0.39 is 0 Å². The quantitative estimate of drug-likeness (QED) is 0.861. The Labute approximate surface area is 107 Å². The molecule has 0 aromatic carbocycles. The van der Waals surface area contributed by atoms with Crippen molar-refractivity contribution in [3.63, 3.8) is 0 Å². The molecule has 3 rings (SSSR count). The lowest BCUT2D eigenvalue weighted by Gasteiger charge is -2.27. The van der Waals surface area contributed by atoms with Crippen LogP contribution in [-0.2, 0) is 0 Å². The highest BCUT2D eigenvalue weighted by Gasteiger charge is 2.16. The maximum atomic E-state index is 4.51. The lowest BCUT2D eigenvalue weighted by atomic mass is 10.1. The van der Waals surface area contributed by atoms with Crippen LogP contribution in [0, 0.1) is 0 Å². The van der Waals surface area contributed by atoms with E-state index in [2.05, 4.69) is 32.2 Å². The summed E-state index contributed by atoms with van der Waals surface area (Å²) in [6.07, 6.45) is 5.65. The Morgan fingerprint density at radius 2 is 2.39 bits per heavy atom. The summed E-state index contributed by atoms with van der Waals surface area (Å²) in [6, 6.07) is 4.50. The van der Waals surface area contributed by atoms with Crippen LogP contribution in [0.5, 0.6) is 0 Å². The molecule has 2 N–H and O–H groups in total. The molecule has 3 heterocycles. The second-order valence-electron chi connectivity index (χ2n) is 4.96. The van der Waals surface area contributed by atoms with E-state index in [1.165, 1.54) is 19.3 Å². The van der Waals surface area contributed by atoms with Crippen molar-refractivity contribution in [3.05, 3.63) is 18.3 Å². The summed E-state index contributed by atoms with van der Waals surface area (Å²) >= 11 is 0. The summed E-state index contributed by atoms with van der Waals surface area (Å²) in [7, 11) is 2.08. The van der Waals surface area contributed by atoms with Crippen LogP contribution in [0.15, 0.2) is 18.3 Å². The van der Waals surface area contributed by atoms with E-state index in [1.54, 1.807) is 6.20 Å². The van der Waals surface area contributed by atoms with E-state index in [4.69, 9.17) is 0 Å². The standard InChI is InChI=1S/C13H19N5/c1-18(9-10-5-2-3-7-14-10)13-16-11-6-4-8-15-12(11)17-13/h4,6,8,10,14H,2-3,5,7,9H2,1H3,(H,15,16,17)/t10-/m0/s1. The molecule has 1 aliphatic rings. The van der Waals surface area contributed by atoms with Gasteiger partial charge in [-0.15, -0.1) is 0 Å². The van der Waals surface area contributed by atoms with E-state index in [1.807, 2.05) is 12.1 Å². The third-order valence-electron chi connectivity index (χ3n) is 3.51. The zero-order chi connectivity index (χ0) is 12.4. The molecule has 1 saturated heterocycles. The van der Waals surface area contributed by atoms with E-state index in [0.29, 0.717) is 6.04 Å². The van der Waals surface area contributed by atoms with Gasteiger partial charge in [-0.05, 0) is 31.5 Å². The van der Waals surface area contributed by atoms with Crippen molar-refractivity contribution in [1.82, 2.24) is 20.3 Å². The Kier molecular flexibility index (Phi) is 3.15. The van der Waals surface area contributed by atoms with Crippen molar-refractivity contribution >= 4 is 17.1 Å². The van der Waals surface area contributed by atoms with Crippen molar-refractivity contribution in [2.45, 2.75) is 25.3 Å². The first-order valence-corrected chi connectivity index (χ1v) is 6.58. The molecule has 0 aliphatic carbocycles. The van der Waals surface area contributed by atoms with Gasteiger partial charge in [-0.2, -0.15) is 4.98 Å². The number of likely N-dealkylation sites (N-methyl/N-ethyl adjacent to an activating group) is 1. The van der Waals surface area contributed by atoms with Crippen LogP contribution in [0.1, 0.15) is 19.3 Å². The molecule has 0 unspecified atom stereocenters. The van der Waals surface area contributed by atoms with Crippen molar-refractivity contribution in [2.24, 2.45) is 0 Å². The molecule has 0 radical (unpaired) electrons. The predicted octanol–water partition coefficient (Wildman–Crippen LogP) is 1.54. The largest absolute Gasteiger partial charge is 0.344 e. The Morgan fingerprint density at radius 1 is 1.44 bits per heavy atom. The molecule has 2 aromatic heterocycles. The molecule has 96 valence electrons. The number of nitrogens with one attached hydrogen (secondary N) is 2. The minimum Gasteiger partial charge on any atom is -0.344 e. The van der Waals surface area contributed by atoms with Gasteiger partial charge in [-0.1, -0.05) is 6.42 Å². The number of aromatic nitrogens is 3. The Balaban J connectivity index is 1.72. The molecule has 5 heteroatoms. The Morgan fingerprint density at radius 3 is 3.17 bits per heavy atom. The van der Waals surface area contributed by atoms with E-state index in [0.717, 1.165) is 30.2 Å². The third kappa shape index (κ3) is 2.31. The molecule has 18 heavy (non-hydrogen) atoms. The van der Waals surface area contributed by atoms with Crippen LogP contribution in [0.25, 0.3) is 11.2 Å². The maximum absolute atomic E-state index is 4.51. The molecule has 0 spiro atoms. The van der Waals surface area contributed by atoms with Gasteiger partial charge in [0, 0.05) is 25.8 Å². The van der Waals surface area contributed by atoms with Gasteiger partial charge >= 0.3 is 0 Å². The molecular formula is C13H19N5. The van der Waals surface area contributed by atoms with Crippen molar-refractivity contribution in [1.29, 1.82) is 0 Å². The highest BCUT2D eigenvalue weighted by atomic mass is 15.3. The number of anilines is 1. The lowest BCUT2D eigenvalue weighted by molar-refractivity contribution is 0.402. The topological polar surface area (TPSA) is 56.8 Å². The van der Waals surface area contributed by atoms with E-state index in [9.17, 15) is 0 Å². The number of nitrogens with zero attached hydrogens (tertiary/aromatic N) is 3. The molecule has 0 bridgehead atoms. The second-order valence-corrected chi connectivity index (χ2v) is 4.96. The number of aromatic amines is 1. The van der Waals surface area contributed by atoms with Crippen LogP contribution >= 0.6 is 0 Å². The lowest BCUT2D eigenvalue weighted by Crippen LogP contribution is -2.42. The summed E-state index contributed by atoms with van der Waals surface area (Å²) in [6.45, 7) is 2.13. The number of hydrogen-bond donors (Lipinski definition) is 2. The number of fused-ring (bicyclic) bond motifs is 1. The fourth-order valence-corrected chi connectivity index (χ4v) is 2.51. The third-order valence-corrected chi connectivity index (χ3v) is 3.51. The maximum Gasteiger partial charge on any atom is 0.205 e. The van der Waals surface area contributed by atoms with E-state index in [-0.39, 0.29) is 0 Å². The smallest absolute Gasteiger partial charge is 0.205 e. The summed E-state index contributed by atoms with van der Waals surface area (Å²) in [5, 5.41) is 3.55. The SMILES string of the molecule is CN(C[C@@H]1CCCCN1)c1nc2ncccc2[nH]1. The predicted molar refractivity (Wildman–Crippen MR) is 72.8 cm³/mol. The minimum atomic E-state index is 0.574. The Hall–Kier alpha value is -1.62. The highest BCUT2D eigenvalue weighted by Crippen LogP contribution is 2.15. The zero-order valence-corrected chi connectivity index (χ0v) is 10.7. The summed E-state index contributed by atoms with van der Waals surface area (Å²) in [4.78, 5) is 14.2. The van der Waals surface area contributed by atoms with Gasteiger partial charge in [0.2, 0.25) is 5.95 Å². The Bertz CT molecular complexity index is 482. The van der Waals surface area contributed by atoms with Gasteiger partial charge < -0.3 is 15.2 Å². The summed E-state index contributed by atoms with van der Waals surface area (Å²) in [5.41, 5.74) is 1.78. The summed E-state index contributed by atoms with van der Waals surface area (Å²) in [5.74, 6) is 0.899. The van der Waals surface area contributed by atoms with Gasteiger partial charge in [0.15, 0.2) is 5.65 Å². The highest BCUT2D eigenvalue weighted by molar-refractivity contribution is 5.73. The zero-order valence-electron chi connectivity index (χ0n) is 10.7. The minimum absolute atomic E-state index is 0.574. The molecule has 5 nitrogen and oxygen atoms in total. The fraction of sp³-hybridized carbons (Fsp3) is 0.538. The van der Waals surface area contributed by atoms with E-state index >= 15 is 0 Å². The molecule has 1 aliphatic heterocycles. The average molecular weight is 245 g/mol. The van der Waals surface area contributed by atoms with Gasteiger partial charge in [-0.3, -0.25) is 0 Å². The molecule has 1 fully saturated rings. The van der Waals surface area contributed by atoms with Crippen LogP contribution in [0.4, 0.5) is 5.95 Å². The number of piperidine rings is 1. The van der Waals surface area contributed by atoms with Crippen molar-refractivity contribution in [2.75, 3.05) is 25.0 Å². The van der Waals surface area contributed by atoms with Crippen molar-refractivity contribution in [3.8, 4) is 0 Å². The monoisotopic (exact) mass is 245 g/mol. The van der Waals surface area contributed by atoms with Gasteiger partial charge in [0.25, 0.3) is 0 Å². The van der Waals surface area contributed by atoms with Crippen LogP contribution in [0.3, 0.4) is 0 Å². The van der Waals surface area contributed by atoms with Crippen LogP contribution in [0.2, 0.25) is 0 Å². The van der Waals surface area contributed by atoms with Crippen molar-refractivity contribution < 1.29 is 0 Å². The molecular weight excluding hydrogens is 226 g/mol. The number of H-pyrrole nitrogens is 1. The first-order valence-electron chi connectivity index (χ1n) is 6.58. The fourth-order valence-electron chi connectivity index (χ4n) is 2.51. The summed E-state index contributed by atoms with van der Waals surface area (Å²) < 4.78 is 0. The van der Waals surface area contributed by atoms with Crippen LogP contribution in [-0.4, -0.2) is 41.1 Å². The van der Waals surface area contributed by atoms with Gasteiger partial charge in [0.1, 0.15) is 0 Å². The first-order chi connectivity index (χ1) is 8.83.